The predicted octanol–water partition coefficient (Wildman–Crippen LogP) is 6.19. The van der Waals surface area contributed by atoms with Crippen molar-refractivity contribution in [3.63, 3.8) is 0 Å². The number of ether oxygens (including phenoxy) is 3. The third-order valence-electron chi connectivity index (χ3n) is 5.75. The quantitative estimate of drug-likeness (QED) is 0.374. The summed E-state index contributed by atoms with van der Waals surface area (Å²) < 4.78 is 22.3. The van der Waals surface area contributed by atoms with Gasteiger partial charge in [-0.05, 0) is 43.2 Å². The summed E-state index contributed by atoms with van der Waals surface area (Å²) in [6, 6.07) is 17.4. The van der Waals surface area contributed by atoms with Crippen LogP contribution in [-0.4, -0.2) is 19.8 Å². The van der Waals surface area contributed by atoms with Crippen molar-refractivity contribution in [2.24, 2.45) is 0 Å². The van der Waals surface area contributed by atoms with E-state index in [9.17, 15) is 4.79 Å². The molecule has 33 heavy (non-hydrogen) atoms. The van der Waals surface area contributed by atoms with E-state index in [1.807, 2.05) is 50.2 Å². The molecule has 0 bridgehead atoms. The van der Waals surface area contributed by atoms with Crippen LogP contribution in [0.5, 0.6) is 17.2 Å². The van der Waals surface area contributed by atoms with E-state index < -0.39 is 0 Å². The number of carbonyl (C=O) groups is 1. The Bertz CT molecular complexity index is 1380. The van der Waals surface area contributed by atoms with Crippen LogP contribution < -0.4 is 19.5 Å². The number of carbonyl (C=O) groups excluding carboxylic acids is 1. The van der Waals surface area contributed by atoms with Crippen molar-refractivity contribution in [2.75, 3.05) is 19.2 Å². The van der Waals surface area contributed by atoms with Crippen LogP contribution >= 0.6 is 0 Å². The molecule has 0 atom stereocenters. The predicted molar refractivity (Wildman–Crippen MR) is 128 cm³/mol. The average Bonchev–Trinajstić information content (AvgIpc) is 3.46. The molecule has 0 saturated heterocycles. The van der Waals surface area contributed by atoms with E-state index in [-0.39, 0.29) is 12.7 Å². The molecule has 2 heterocycles. The molecule has 166 valence electrons. The Balaban J connectivity index is 1.51. The number of methoxy groups -OCH3 is 1. The van der Waals surface area contributed by atoms with Crippen LogP contribution in [0.2, 0.25) is 0 Å². The summed E-state index contributed by atoms with van der Waals surface area (Å²) in [5.74, 6) is 1.72. The Morgan fingerprint density at radius 1 is 1.06 bits per heavy atom. The number of benzene rings is 3. The Labute approximate surface area is 191 Å². The molecule has 0 saturated carbocycles. The first-order valence-corrected chi connectivity index (χ1v) is 10.6. The Hall–Kier alpha value is -4.19. The van der Waals surface area contributed by atoms with Gasteiger partial charge < -0.3 is 23.9 Å². The molecule has 1 N–H and O–H groups in total. The van der Waals surface area contributed by atoms with Gasteiger partial charge in [-0.15, -0.1) is 0 Å². The second-order valence-electron chi connectivity index (χ2n) is 7.86. The van der Waals surface area contributed by atoms with Gasteiger partial charge in [0, 0.05) is 39.9 Å². The fourth-order valence-electron chi connectivity index (χ4n) is 4.14. The van der Waals surface area contributed by atoms with E-state index in [4.69, 9.17) is 18.6 Å². The molecule has 0 aliphatic carbocycles. The van der Waals surface area contributed by atoms with Gasteiger partial charge in [0.1, 0.15) is 11.3 Å². The number of allylic oxidation sites excluding steroid dienone is 1. The zero-order valence-electron chi connectivity index (χ0n) is 18.6. The standard InChI is InChI=1S/C27H23NO5/c1-16(11-25(29)28-19-9-10-23-24(12-19)33-15-32-23)20-13-21-22(18-7-5-4-6-8-18)14-31-27(21)17(2)26(20)30-3/h4-14H,15H2,1-3H3,(H,28,29)/b16-11+. The maximum Gasteiger partial charge on any atom is 0.248 e. The van der Waals surface area contributed by atoms with Gasteiger partial charge in [-0.1, -0.05) is 30.3 Å². The van der Waals surface area contributed by atoms with Crippen molar-refractivity contribution in [2.45, 2.75) is 13.8 Å². The van der Waals surface area contributed by atoms with Crippen molar-refractivity contribution in [1.29, 1.82) is 0 Å². The first-order valence-electron chi connectivity index (χ1n) is 10.6. The fourth-order valence-corrected chi connectivity index (χ4v) is 4.14. The number of rotatable bonds is 5. The van der Waals surface area contributed by atoms with Crippen molar-refractivity contribution < 1.29 is 23.4 Å². The fraction of sp³-hybridized carbons (Fsp3) is 0.148. The van der Waals surface area contributed by atoms with E-state index in [0.29, 0.717) is 22.9 Å². The molecule has 1 aliphatic heterocycles. The zero-order chi connectivity index (χ0) is 22.9. The second kappa shape index (κ2) is 8.39. The number of furan rings is 1. The van der Waals surface area contributed by atoms with E-state index in [1.54, 1.807) is 37.6 Å². The number of hydrogen-bond acceptors (Lipinski definition) is 5. The largest absolute Gasteiger partial charge is 0.496 e. The monoisotopic (exact) mass is 441 g/mol. The van der Waals surface area contributed by atoms with Gasteiger partial charge in [0.05, 0.1) is 13.4 Å². The van der Waals surface area contributed by atoms with Gasteiger partial charge in [-0.25, -0.2) is 0 Å². The lowest BCUT2D eigenvalue weighted by atomic mass is 9.96. The average molecular weight is 441 g/mol. The molecule has 0 spiro atoms. The molecule has 0 unspecified atom stereocenters. The molecule has 0 radical (unpaired) electrons. The highest BCUT2D eigenvalue weighted by Crippen LogP contribution is 2.40. The van der Waals surface area contributed by atoms with Gasteiger partial charge >= 0.3 is 0 Å². The van der Waals surface area contributed by atoms with Gasteiger partial charge in [-0.2, -0.15) is 0 Å². The maximum absolute atomic E-state index is 12.8. The summed E-state index contributed by atoms with van der Waals surface area (Å²) in [7, 11) is 1.62. The summed E-state index contributed by atoms with van der Waals surface area (Å²) in [4.78, 5) is 12.8. The minimum Gasteiger partial charge on any atom is -0.496 e. The summed E-state index contributed by atoms with van der Waals surface area (Å²) >= 11 is 0. The highest BCUT2D eigenvalue weighted by atomic mass is 16.7. The van der Waals surface area contributed by atoms with Crippen LogP contribution in [0.1, 0.15) is 18.1 Å². The summed E-state index contributed by atoms with van der Waals surface area (Å²) in [5, 5.41) is 3.85. The zero-order valence-corrected chi connectivity index (χ0v) is 18.6. The van der Waals surface area contributed by atoms with Crippen LogP contribution in [-0.2, 0) is 4.79 Å². The van der Waals surface area contributed by atoms with Crippen molar-refractivity contribution in [1.82, 2.24) is 0 Å². The number of hydrogen-bond donors (Lipinski definition) is 1. The SMILES string of the molecule is COc1c(/C(C)=C/C(=O)Nc2ccc3c(c2)OCO3)cc2c(-c3ccccc3)coc2c1C. The summed E-state index contributed by atoms with van der Waals surface area (Å²) in [6.07, 6.45) is 3.33. The van der Waals surface area contributed by atoms with Gasteiger partial charge in [-0.3, -0.25) is 4.79 Å². The van der Waals surface area contributed by atoms with E-state index in [1.165, 1.54) is 0 Å². The molecule has 1 aromatic heterocycles. The van der Waals surface area contributed by atoms with E-state index in [2.05, 4.69) is 5.32 Å². The Morgan fingerprint density at radius 2 is 1.85 bits per heavy atom. The number of amides is 1. The van der Waals surface area contributed by atoms with Crippen LogP contribution in [0.15, 0.2) is 71.4 Å². The minimum atomic E-state index is -0.248. The van der Waals surface area contributed by atoms with E-state index >= 15 is 0 Å². The molecular formula is C27H23NO5. The third kappa shape index (κ3) is 3.80. The molecular weight excluding hydrogens is 418 g/mol. The molecule has 1 aliphatic rings. The van der Waals surface area contributed by atoms with Crippen LogP contribution in [0, 0.1) is 6.92 Å². The van der Waals surface area contributed by atoms with Crippen molar-refractivity contribution in [3.8, 4) is 28.4 Å². The lowest BCUT2D eigenvalue weighted by Crippen LogP contribution is -2.08. The highest BCUT2D eigenvalue weighted by molar-refractivity contribution is 6.06. The normalized spacial score (nSPS) is 12.8. The minimum absolute atomic E-state index is 0.187. The first-order chi connectivity index (χ1) is 16.0. The highest BCUT2D eigenvalue weighted by Gasteiger charge is 2.19. The molecule has 1 amide bonds. The lowest BCUT2D eigenvalue weighted by molar-refractivity contribution is -0.111. The third-order valence-corrected chi connectivity index (χ3v) is 5.75. The molecule has 6 heteroatoms. The van der Waals surface area contributed by atoms with E-state index in [0.717, 1.165) is 38.8 Å². The number of nitrogens with one attached hydrogen (secondary N) is 1. The van der Waals surface area contributed by atoms with Crippen LogP contribution in [0.25, 0.3) is 27.7 Å². The number of anilines is 1. The summed E-state index contributed by atoms with van der Waals surface area (Å²) in [6.45, 7) is 4.04. The number of fused-ring (bicyclic) bond motifs is 2. The van der Waals surface area contributed by atoms with Gasteiger partial charge in [0.2, 0.25) is 12.7 Å². The van der Waals surface area contributed by atoms with Crippen LogP contribution in [0.4, 0.5) is 5.69 Å². The smallest absolute Gasteiger partial charge is 0.248 e. The molecule has 0 fully saturated rings. The maximum atomic E-state index is 12.8. The first kappa shape index (κ1) is 20.7. The van der Waals surface area contributed by atoms with Crippen molar-refractivity contribution in [3.05, 3.63) is 78.1 Å². The van der Waals surface area contributed by atoms with Crippen molar-refractivity contribution >= 4 is 28.1 Å². The molecule has 6 nitrogen and oxygen atoms in total. The van der Waals surface area contributed by atoms with Gasteiger partial charge in [0.15, 0.2) is 11.5 Å². The lowest BCUT2D eigenvalue weighted by Gasteiger charge is -2.13. The summed E-state index contributed by atoms with van der Waals surface area (Å²) in [5.41, 5.74) is 5.96. The Kier molecular flexibility index (Phi) is 5.26. The van der Waals surface area contributed by atoms with Gasteiger partial charge in [0.25, 0.3) is 0 Å². The second-order valence-corrected chi connectivity index (χ2v) is 7.86. The number of aryl methyl sites for hydroxylation is 1. The van der Waals surface area contributed by atoms with Crippen LogP contribution in [0.3, 0.4) is 0 Å². The molecule has 5 rings (SSSR count). The molecule has 4 aromatic rings. The Morgan fingerprint density at radius 3 is 2.64 bits per heavy atom. The molecule has 3 aromatic carbocycles. The topological polar surface area (TPSA) is 69.9 Å².